The van der Waals surface area contributed by atoms with Gasteiger partial charge in [-0.15, -0.1) is 0 Å². The molecule has 144 valence electrons. The molecule has 0 spiro atoms. The molecule has 9 heteroatoms. The number of nitrogens with two attached hydrogens (primary N) is 1. The third kappa shape index (κ3) is 3.67. The second-order valence-electron chi connectivity index (χ2n) is 6.24. The summed E-state index contributed by atoms with van der Waals surface area (Å²) in [6.45, 7) is 1.02. The van der Waals surface area contributed by atoms with Gasteiger partial charge in [0.25, 0.3) is 5.69 Å². The van der Waals surface area contributed by atoms with Crippen LogP contribution in [0.3, 0.4) is 0 Å². The Morgan fingerprint density at radius 2 is 2.04 bits per heavy atom. The summed E-state index contributed by atoms with van der Waals surface area (Å²) in [5, 5.41) is 19.9. The highest BCUT2D eigenvalue weighted by atomic mass is 35.5. The molecule has 0 fully saturated rings. The average molecular weight is 401 g/mol. The van der Waals surface area contributed by atoms with Gasteiger partial charge in [0, 0.05) is 42.4 Å². The van der Waals surface area contributed by atoms with Crippen LogP contribution in [0.15, 0.2) is 42.5 Å². The van der Waals surface area contributed by atoms with Crippen molar-refractivity contribution in [2.24, 2.45) is 0 Å². The number of aromatic nitrogens is 1. The highest BCUT2D eigenvalue weighted by molar-refractivity contribution is 6.33. The summed E-state index contributed by atoms with van der Waals surface area (Å²) < 4.78 is 0. The maximum Gasteiger partial charge on any atom is 0.337 e. The van der Waals surface area contributed by atoms with Crippen LogP contribution < -0.4 is 10.6 Å². The Kier molecular flexibility index (Phi) is 5.32. The molecule has 3 aromatic rings. The lowest BCUT2D eigenvalue weighted by Crippen LogP contribution is -2.13. The predicted octanol–water partition coefficient (Wildman–Crippen LogP) is 3.76. The van der Waals surface area contributed by atoms with Crippen LogP contribution in [0.1, 0.15) is 15.9 Å². The lowest BCUT2D eigenvalue weighted by atomic mass is 10.1. The molecule has 3 N–H and O–H groups in total. The fourth-order valence-corrected chi connectivity index (χ4v) is 3.20. The van der Waals surface area contributed by atoms with Gasteiger partial charge in [0.15, 0.2) is 0 Å². The van der Waals surface area contributed by atoms with Crippen molar-refractivity contribution in [3.8, 4) is 0 Å². The molecular weight excluding hydrogens is 384 g/mol. The molecule has 0 atom stereocenters. The average Bonchev–Trinajstić information content (AvgIpc) is 3.03. The summed E-state index contributed by atoms with van der Waals surface area (Å²) in [6.07, 6.45) is 1.01. The van der Waals surface area contributed by atoms with Crippen molar-refractivity contribution in [3.63, 3.8) is 0 Å². The fourth-order valence-electron chi connectivity index (χ4n) is 3.00. The zero-order valence-electron chi connectivity index (χ0n) is 14.9. The fraction of sp³-hybridized carbons (Fsp3) is 0.158. The SMILES string of the molecule is CN1CCc2c1nc1ccccc1c2N.O=C(O)c1cc([N+](=O)[O-])ccc1Cl. The van der Waals surface area contributed by atoms with Crippen molar-refractivity contribution < 1.29 is 14.8 Å². The maximum atomic E-state index is 10.5. The zero-order valence-corrected chi connectivity index (χ0v) is 15.7. The summed E-state index contributed by atoms with van der Waals surface area (Å²) in [5.41, 5.74) is 8.70. The molecule has 4 rings (SSSR count). The third-order valence-corrected chi connectivity index (χ3v) is 4.80. The highest BCUT2D eigenvalue weighted by Crippen LogP contribution is 2.34. The Hall–Kier alpha value is -3.39. The number of fused-ring (bicyclic) bond motifs is 2. The van der Waals surface area contributed by atoms with Crippen LogP contribution in [0.25, 0.3) is 10.9 Å². The van der Waals surface area contributed by atoms with Gasteiger partial charge >= 0.3 is 5.97 Å². The van der Waals surface area contributed by atoms with E-state index in [-0.39, 0.29) is 16.3 Å². The molecule has 2 aromatic carbocycles. The van der Waals surface area contributed by atoms with Gasteiger partial charge in [0.05, 0.1) is 21.0 Å². The molecule has 0 saturated heterocycles. The number of nitro benzene ring substituents is 1. The molecule has 0 radical (unpaired) electrons. The van der Waals surface area contributed by atoms with Crippen LogP contribution in [0.4, 0.5) is 17.2 Å². The van der Waals surface area contributed by atoms with Gasteiger partial charge in [0.1, 0.15) is 5.82 Å². The number of halogens is 1. The molecular formula is C19H17ClN4O4. The van der Waals surface area contributed by atoms with Crippen LogP contribution in [-0.2, 0) is 6.42 Å². The van der Waals surface area contributed by atoms with E-state index in [9.17, 15) is 14.9 Å². The minimum absolute atomic E-state index is 0.0156. The molecule has 0 amide bonds. The number of pyridine rings is 1. The molecule has 8 nitrogen and oxygen atoms in total. The number of carboxylic acid groups (broad SMARTS) is 1. The van der Waals surface area contributed by atoms with Gasteiger partial charge in [-0.1, -0.05) is 29.8 Å². The molecule has 2 heterocycles. The first-order valence-corrected chi connectivity index (χ1v) is 8.73. The van der Waals surface area contributed by atoms with Crippen LogP contribution in [0.2, 0.25) is 5.02 Å². The van der Waals surface area contributed by atoms with Crippen molar-refractivity contribution >= 4 is 45.7 Å². The summed E-state index contributed by atoms with van der Waals surface area (Å²) >= 11 is 5.49. The molecule has 0 unspecified atom stereocenters. The second kappa shape index (κ2) is 7.69. The number of anilines is 2. The number of rotatable bonds is 2. The molecule has 1 aliphatic heterocycles. The quantitative estimate of drug-likeness (QED) is 0.496. The molecule has 1 aliphatic rings. The molecule has 0 saturated carbocycles. The predicted molar refractivity (Wildman–Crippen MR) is 108 cm³/mol. The molecule has 28 heavy (non-hydrogen) atoms. The van der Waals surface area contributed by atoms with Crippen molar-refractivity contribution in [2.45, 2.75) is 6.42 Å². The summed E-state index contributed by atoms with van der Waals surface area (Å²) in [5.74, 6) is -0.236. The van der Waals surface area contributed by atoms with E-state index in [1.807, 2.05) is 24.3 Å². The van der Waals surface area contributed by atoms with Crippen LogP contribution in [0, 0.1) is 10.1 Å². The number of non-ortho nitro benzene ring substituents is 1. The minimum atomic E-state index is -1.28. The summed E-state index contributed by atoms with van der Waals surface area (Å²) in [6, 6.07) is 11.3. The van der Waals surface area contributed by atoms with E-state index in [1.165, 1.54) is 11.6 Å². The van der Waals surface area contributed by atoms with E-state index in [1.54, 1.807) is 0 Å². The lowest BCUT2D eigenvalue weighted by molar-refractivity contribution is -0.384. The van der Waals surface area contributed by atoms with Crippen LogP contribution >= 0.6 is 11.6 Å². The number of hydrogen-bond donors (Lipinski definition) is 2. The number of benzene rings is 2. The Bertz CT molecular complexity index is 1090. The monoisotopic (exact) mass is 400 g/mol. The standard InChI is InChI=1S/C12H13N3.C7H4ClNO4/c1-15-7-6-9-11(13)8-4-2-3-5-10(8)14-12(9)15;8-6-2-1-4(9(12)13)3-5(6)7(10)11/h2-5H,6-7H2,1H3,(H2,13,14);1-3H,(H,10,11). The Labute approximate surface area is 165 Å². The first-order valence-electron chi connectivity index (χ1n) is 8.35. The van der Waals surface area contributed by atoms with Gasteiger partial charge in [-0.25, -0.2) is 9.78 Å². The van der Waals surface area contributed by atoms with Gasteiger partial charge in [-0.2, -0.15) is 0 Å². The van der Waals surface area contributed by atoms with E-state index >= 15 is 0 Å². The number of aromatic carboxylic acids is 1. The highest BCUT2D eigenvalue weighted by Gasteiger charge is 2.21. The maximum absolute atomic E-state index is 10.5. The Morgan fingerprint density at radius 1 is 1.32 bits per heavy atom. The number of likely N-dealkylation sites (N-methyl/N-ethyl adjacent to an activating group) is 1. The first kappa shape index (κ1) is 19.4. The van der Waals surface area contributed by atoms with Crippen molar-refractivity contribution in [1.29, 1.82) is 0 Å². The lowest BCUT2D eigenvalue weighted by Gasteiger charge is -2.12. The smallest absolute Gasteiger partial charge is 0.337 e. The number of para-hydroxylation sites is 1. The number of carbonyl (C=O) groups is 1. The number of nitrogen functional groups attached to an aromatic ring is 1. The largest absolute Gasteiger partial charge is 0.478 e. The van der Waals surface area contributed by atoms with Gasteiger partial charge in [-0.3, -0.25) is 10.1 Å². The molecule has 0 bridgehead atoms. The number of nitro groups is 1. The third-order valence-electron chi connectivity index (χ3n) is 4.47. The molecule has 0 aliphatic carbocycles. The Morgan fingerprint density at radius 3 is 2.71 bits per heavy atom. The summed E-state index contributed by atoms with van der Waals surface area (Å²) in [4.78, 5) is 26.9. The first-order chi connectivity index (χ1) is 13.3. The van der Waals surface area contributed by atoms with Crippen molar-refractivity contribution in [3.05, 3.63) is 68.7 Å². The van der Waals surface area contributed by atoms with E-state index in [0.29, 0.717) is 0 Å². The van der Waals surface area contributed by atoms with Crippen LogP contribution in [-0.4, -0.2) is 34.6 Å². The van der Waals surface area contributed by atoms with Gasteiger partial charge in [0.2, 0.25) is 0 Å². The zero-order chi connectivity index (χ0) is 20.4. The van der Waals surface area contributed by atoms with E-state index in [0.717, 1.165) is 47.5 Å². The number of nitrogens with zero attached hydrogens (tertiary/aromatic N) is 3. The number of carboxylic acids is 1. The minimum Gasteiger partial charge on any atom is -0.478 e. The topological polar surface area (TPSA) is 123 Å². The van der Waals surface area contributed by atoms with Crippen molar-refractivity contribution in [1.82, 2.24) is 4.98 Å². The number of hydrogen-bond acceptors (Lipinski definition) is 6. The summed E-state index contributed by atoms with van der Waals surface area (Å²) in [7, 11) is 2.06. The van der Waals surface area contributed by atoms with Crippen LogP contribution in [0.5, 0.6) is 0 Å². The van der Waals surface area contributed by atoms with Crippen molar-refractivity contribution in [2.75, 3.05) is 24.2 Å². The normalized spacial score (nSPS) is 12.3. The second-order valence-corrected chi connectivity index (χ2v) is 6.65. The van der Waals surface area contributed by atoms with E-state index < -0.39 is 10.9 Å². The van der Waals surface area contributed by atoms with E-state index in [2.05, 4.69) is 16.9 Å². The van der Waals surface area contributed by atoms with Gasteiger partial charge in [-0.05, 0) is 18.6 Å². The Balaban J connectivity index is 0.000000163. The molecule has 1 aromatic heterocycles. The van der Waals surface area contributed by atoms with Gasteiger partial charge < -0.3 is 15.7 Å². The van der Waals surface area contributed by atoms with E-state index in [4.69, 9.17) is 22.4 Å².